The van der Waals surface area contributed by atoms with Gasteiger partial charge in [-0.15, -0.1) is 0 Å². The van der Waals surface area contributed by atoms with E-state index < -0.39 is 0 Å². The van der Waals surface area contributed by atoms with Crippen molar-refractivity contribution < 1.29 is 9.53 Å². The summed E-state index contributed by atoms with van der Waals surface area (Å²) in [5, 5.41) is 7.15. The third-order valence-electron chi connectivity index (χ3n) is 3.98. The Morgan fingerprint density at radius 1 is 1.08 bits per heavy atom. The molecule has 0 aliphatic heterocycles. The van der Waals surface area contributed by atoms with Gasteiger partial charge in [0.1, 0.15) is 0 Å². The van der Waals surface area contributed by atoms with E-state index in [0.29, 0.717) is 25.3 Å². The minimum Gasteiger partial charge on any atom is -0.380 e. The Hall–Kier alpha value is -2.92. The first-order chi connectivity index (χ1) is 12.3. The smallest absolute Gasteiger partial charge is 0.251 e. The van der Waals surface area contributed by atoms with E-state index in [1.165, 1.54) is 0 Å². The summed E-state index contributed by atoms with van der Waals surface area (Å²) in [6.45, 7) is 1.71. The fourth-order valence-electron chi connectivity index (χ4n) is 2.65. The summed E-state index contributed by atoms with van der Waals surface area (Å²) in [7, 11) is 1.67. The molecule has 0 spiro atoms. The van der Waals surface area contributed by atoms with Crippen molar-refractivity contribution in [2.24, 2.45) is 0 Å². The Morgan fingerprint density at radius 2 is 1.84 bits per heavy atom. The van der Waals surface area contributed by atoms with Crippen molar-refractivity contribution in [3.8, 4) is 0 Å². The van der Waals surface area contributed by atoms with E-state index in [0.717, 1.165) is 16.7 Å². The fourth-order valence-corrected chi connectivity index (χ4v) is 2.65. The lowest BCUT2D eigenvalue weighted by Gasteiger charge is -2.10. The zero-order valence-electron chi connectivity index (χ0n) is 14.2. The topological polar surface area (TPSA) is 56.1 Å². The molecule has 0 saturated heterocycles. The standard InChI is InChI=1S/C20H21N3O2/c1-25-15-19-6-3-2-5-18(19)13-21-20(24)17-9-7-16(8-10-17)14-23-12-4-11-22-23/h2-12H,13-15H2,1H3,(H,21,24). The van der Waals surface area contributed by atoms with Crippen molar-refractivity contribution in [2.45, 2.75) is 19.7 Å². The number of carbonyl (C=O) groups excluding carboxylic acids is 1. The molecule has 1 N–H and O–H groups in total. The van der Waals surface area contributed by atoms with Gasteiger partial charge < -0.3 is 10.1 Å². The maximum Gasteiger partial charge on any atom is 0.251 e. The fraction of sp³-hybridized carbons (Fsp3) is 0.200. The van der Waals surface area contributed by atoms with Gasteiger partial charge in [-0.2, -0.15) is 5.10 Å². The molecule has 3 aromatic rings. The van der Waals surface area contributed by atoms with E-state index in [1.807, 2.05) is 65.5 Å². The van der Waals surface area contributed by atoms with Crippen LogP contribution in [-0.4, -0.2) is 22.8 Å². The molecular weight excluding hydrogens is 314 g/mol. The third-order valence-corrected chi connectivity index (χ3v) is 3.98. The number of rotatable bonds is 7. The summed E-state index contributed by atoms with van der Waals surface area (Å²) < 4.78 is 7.05. The number of nitrogens with one attached hydrogen (secondary N) is 1. The number of methoxy groups -OCH3 is 1. The zero-order valence-corrected chi connectivity index (χ0v) is 14.2. The van der Waals surface area contributed by atoms with Crippen LogP contribution in [0, 0.1) is 0 Å². The molecule has 0 saturated carbocycles. The highest BCUT2D eigenvalue weighted by Crippen LogP contribution is 2.11. The molecule has 1 heterocycles. The Kier molecular flexibility index (Phi) is 5.59. The molecule has 0 aliphatic rings. The Morgan fingerprint density at radius 3 is 2.52 bits per heavy atom. The summed E-state index contributed by atoms with van der Waals surface area (Å²) in [4.78, 5) is 12.4. The van der Waals surface area contributed by atoms with E-state index in [9.17, 15) is 4.79 Å². The van der Waals surface area contributed by atoms with E-state index in [1.54, 1.807) is 13.3 Å². The Balaban J connectivity index is 1.60. The number of aromatic nitrogens is 2. The van der Waals surface area contributed by atoms with Crippen molar-refractivity contribution in [2.75, 3.05) is 7.11 Å². The average Bonchev–Trinajstić information content (AvgIpc) is 3.15. The van der Waals surface area contributed by atoms with Crippen LogP contribution in [0.2, 0.25) is 0 Å². The van der Waals surface area contributed by atoms with Gasteiger partial charge in [-0.1, -0.05) is 36.4 Å². The SMILES string of the molecule is COCc1ccccc1CNC(=O)c1ccc(Cn2cccn2)cc1. The molecular formula is C20H21N3O2. The predicted octanol–water partition coefficient (Wildman–Crippen LogP) is 3.01. The van der Waals surface area contributed by atoms with Crippen LogP contribution in [0.5, 0.6) is 0 Å². The van der Waals surface area contributed by atoms with Crippen molar-refractivity contribution in [3.05, 3.63) is 89.2 Å². The van der Waals surface area contributed by atoms with Gasteiger partial charge in [0.15, 0.2) is 0 Å². The quantitative estimate of drug-likeness (QED) is 0.722. The molecule has 5 nitrogen and oxygen atoms in total. The van der Waals surface area contributed by atoms with Crippen molar-refractivity contribution in [3.63, 3.8) is 0 Å². The molecule has 0 bridgehead atoms. The van der Waals surface area contributed by atoms with Crippen molar-refractivity contribution >= 4 is 5.91 Å². The van der Waals surface area contributed by atoms with Gasteiger partial charge in [0.25, 0.3) is 5.91 Å². The molecule has 25 heavy (non-hydrogen) atoms. The van der Waals surface area contributed by atoms with Crippen LogP contribution in [0.25, 0.3) is 0 Å². The van der Waals surface area contributed by atoms with Crippen molar-refractivity contribution in [1.82, 2.24) is 15.1 Å². The lowest BCUT2D eigenvalue weighted by molar-refractivity contribution is 0.0950. The Labute approximate surface area is 147 Å². The van der Waals surface area contributed by atoms with Crippen LogP contribution < -0.4 is 5.32 Å². The highest BCUT2D eigenvalue weighted by Gasteiger charge is 2.07. The molecule has 0 unspecified atom stereocenters. The normalized spacial score (nSPS) is 10.6. The number of carbonyl (C=O) groups is 1. The molecule has 1 amide bonds. The van der Waals surface area contributed by atoms with E-state index in [4.69, 9.17) is 4.74 Å². The van der Waals surface area contributed by atoms with E-state index in [-0.39, 0.29) is 5.91 Å². The Bertz CT molecular complexity index is 811. The van der Waals surface area contributed by atoms with Gasteiger partial charge in [0.2, 0.25) is 0 Å². The second kappa shape index (κ2) is 8.26. The summed E-state index contributed by atoms with van der Waals surface area (Å²) in [5.74, 6) is -0.0853. The van der Waals surface area contributed by atoms with Gasteiger partial charge >= 0.3 is 0 Å². The highest BCUT2D eigenvalue weighted by molar-refractivity contribution is 5.94. The lowest BCUT2D eigenvalue weighted by Crippen LogP contribution is -2.23. The van der Waals surface area contributed by atoms with Crippen LogP contribution in [-0.2, 0) is 24.4 Å². The van der Waals surface area contributed by atoms with E-state index >= 15 is 0 Å². The van der Waals surface area contributed by atoms with Crippen molar-refractivity contribution in [1.29, 1.82) is 0 Å². The molecule has 128 valence electrons. The van der Waals surface area contributed by atoms with Gasteiger partial charge in [-0.25, -0.2) is 0 Å². The summed E-state index contributed by atoms with van der Waals surface area (Å²) in [5.41, 5.74) is 3.90. The molecule has 0 radical (unpaired) electrons. The molecule has 5 heteroatoms. The summed E-state index contributed by atoms with van der Waals surface area (Å²) >= 11 is 0. The number of benzene rings is 2. The maximum absolute atomic E-state index is 12.4. The van der Waals surface area contributed by atoms with Gasteiger partial charge in [0, 0.05) is 31.6 Å². The van der Waals surface area contributed by atoms with Gasteiger partial charge in [-0.3, -0.25) is 9.48 Å². The van der Waals surface area contributed by atoms with Crippen LogP contribution >= 0.6 is 0 Å². The number of hydrogen-bond donors (Lipinski definition) is 1. The molecule has 0 aliphatic carbocycles. The average molecular weight is 335 g/mol. The van der Waals surface area contributed by atoms with Crippen LogP contribution in [0.1, 0.15) is 27.0 Å². The van der Waals surface area contributed by atoms with Gasteiger partial charge in [-0.05, 0) is 34.9 Å². The summed E-state index contributed by atoms with van der Waals surface area (Å²) in [6.07, 6.45) is 3.67. The second-order valence-electron chi connectivity index (χ2n) is 5.78. The minimum atomic E-state index is -0.0853. The predicted molar refractivity (Wildman–Crippen MR) is 96.1 cm³/mol. The maximum atomic E-state index is 12.4. The lowest BCUT2D eigenvalue weighted by atomic mass is 10.1. The zero-order chi connectivity index (χ0) is 17.5. The molecule has 0 fully saturated rings. The number of ether oxygens (including phenoxy) is 1. The molecule has 0 atom stereocenters. The van der Waals surface area contributed by atoms with Crippen LogP contribution in [0.4, 0.5) is 0 Å². The summed E-state index contributed by atoms with van der Waals surface area (Å²) in [6, 6.07) is 17.4. The number of hydrogen-bond acceptors (Lipinski definition) is 3. The molecule has 2 aromatic carbocycles. The molecule has 1 aromatic heterocycles. The monoisotopic (exact) mass is 335 g/mol. The first-order valence-corrected chi connectivity index (χ1v) is 8.16. The highest BCUT2D eigenvalue weighted by atomic mass is 16.5. The second-order valence-corrected chi connectivity index (χ2v) is 5.78. The van der Waals surface area contributed by atoms with Crippen LogP contribution in [0.3, 0.4) is 0 Å². The third kappa shape index (κ3) is 4.55. The first kappa shape index (κ1) is 16.9. The minimum absolute atomic E-state index is 0.0853. The van der Waals surface area contributed by atoms with Crippen LogP contribution in [0.15, 0.2) is 67.0 Å². The van der Waals surface area contributed by atoms with E-state index in [2.05, 4.69) is 10.4 Å². The largest absolute Gasteiger partial charge is 0.380 e. The first-order valence-electron chi connectivity index (χ1n) is 8.16. The number of nitrogens with zero attached hydrogens (tertiary/aromatic N) is 2. The molecule has 3 rings (SSSR count). The van der Waals surface area contributed by atoms with Gasteiger partial charge in [0.05, 0.1) is 13.2 Å². The number of amides is 1.